The lowest BCUT2D eigenvalue weighted by atomic mass is 10.2. The number of hydrogen-bond acceptors (Lipinski definition) is 4. The third kappa shape index (κ3) is 4.44. The van der Waals surface area contributed by atoms with Crippen molar-refractivity contribution < 1.29 is 9.47 Å². The standard InChI is InChI=1S/C16H19BrN2O2/c1-3-20-15-6-4-5-13(9-18-2)16(15)21-11-12-7-14(17)10-19-8-12/h4-8,10,18H,3,9,11H2,1-2H3. The number of pyridine rings is 1. The van der Waals surface area contributed by atoms with Crippen molar-refractivity contribution in [2.24, 2.45) is 0 Å². The fourth-order valence-electron chi connectivity index (χ4n) is 2.01. The molecule has 2 rings (SSSR count). The summed E-state index contributed by atoms with van der Waals surface area (Å²) in [5.41, 5.74) is 2.08. The second-order valence-corrected chi connectivity index (χ2v) is 5.42. The Morgan fingerprint density at radius 3 is 2.81 bits per heavy atom. The van der Waals surface area contributed by atoms with E-state index >= 15 is 0 Å². The summed E-state index contributed by atoms with van der Waals surface area (Å²) in [6, 6.07) is 7.93. The maximum Gasteiger partial charge on any atom is 0.166 e. The van der Waals surface area contributed by atoms with Gasteiger partial charge in [-0.3, -0.25) is 4.98 Å². The van der Waals surface area contributed by atoms with Gasteiger partial charge >= 0.3 is 0 Å². The zero-order chi connectivity index (χ0) is 15.1. The van der Waals surface area contributed by atoms with Gasteiger partial charge in [-0.15, -0.1) is 0 Å². The van der Waals surface area contributed by atoms with E-state index in [2.05, 4.69) is 26.2 Å². The average Bonchev–Trinajstić information content (AvgIpc) is 2.47. The van der Waals surface area contributed by atoms with Crippen molar-refractivity contribution in [2.75, 3.05) is 13.7 Å². The molecule has 1 aromatic heterocycles. The van der Waals surface area contributed by atoms with E-state index in [-0.39, 0.29) is 0 Å². The molecule has 1 aromatic carbocycles. The molecule has 0 spiro atoms. The molecule has 21 heavy (non-hydrogen) atoms. The van der Waals surface area contributed by atoms with E-state index in [9.17, 15) is 0 Å². The topological polar surface area (TPSA) is 43.4 Å². The molecule has 0 aliphatic rings. The fourth-order valence-corrected chi connectivity index (χ4v) is 2.43. The van der Waals surface area contributed by atoms with Gasteiger partial charge in [0.15, 0.2) is 11.5 Å². The number of benzene rings is 1. The molecule has 5 heteroatoms. The number of hydrogen-bond donors (Lipinski definition) is 1. The van der Waals surface area contributed by atoms with E-state index in [0.29, 0.717) is 13.2 Å². The minimum absolute atomic E-state index is 0.452. The molecular formula is C16H19BrN2O2. The van der Waals surface area contributed by atoms with E-state index in [1.165, 1.54) is 0 Å². The van der Waals surface area contributed by atoms with Gasteiger partial charge < -0.3 is 14.8 Å². The second-order valence-electron chi connectivity index (χ2n) is 4.51. The molecule has 1 heterocycles. The summed E-state index contributed by atoms with van der Waals surface area (Å²) in [5, 5.41) is 3.15. The van der Waals surface area contributed by atoms with Crippen LogP contribution >= 0.6 is 15.9 Å². The Hall–Kier alpha value is -1.59. The molecule has 0 saturated carbocycles. The van der Waals surface area contributed by atoms with E-state index in [1.54, 1.807) is 12.4 Å². The molecule has 0 aliphatic heterocycles. The van der Waals surface area contributed by atoms with E-state index in [1.807, 2.05) is 38.2 Å². The fraction of sp³-hybridized carbons (Fsp3) is 0.312. The molecule has 0 fully saturated rings. The Morgan fingerprint density at radius 2 is 2.10 bits per heavy atom. The first-order valence-electron chi connectivity index (χ1n) is 6.86. The van der Waals surface area contributed by atoms with E-state index in [4.69, 9.17) is 9.47 Å². The molecule has 0 unspecified atom stereocenters. The smallest absolute Gasteiger partial charge is 0.166 e. The first-order chi connectivity index (χ1) is 10.2. The van der Waals surface area contributed by atoms with Crippen LogP contribution in [0.4, 0.5) is 0 Å². The van der Waals surface area contributed by atoms with E-state index < -0.39 is 0 Å². The summed E-state index contributed by atoms with van der Waals surface area (Å²) in [5.74, 6) is 1.56. The Labute approximate surface area is 133 Å². The van der Waals surface area contributed by atoms with Gasteiger partial charge in [0.1, 0.15) is 6.61 Å². The molecule has 0 saturated heterocycles. The van der Waals surface area contributed by atoms with E-state index in [0.717, 1.165) is 33.6 Å². The SMILES string of the molecule is CCOc1cccc(CNC)c1OCc1cncc(Br)c1. The highest BCUT2D eigenvalue weighted by molar-refractivity contribution is 9.10. The van der Waals surface area contributed by atoms with Crippen LogP contribution in [0.25, 0.3) is 0 Å². The lowest BCUT2D eigenvalue weighted by molar-refractivity contribution is 0.266. The van der Waals surface area contributed by atoms with Gasteiger partial charge in [0.2, 0.25) is 0 Å². The molecule has 0 aliphatic carbocycles. The Bertz CT molecular complexity index is 566. The van der Waals surface area contributed by atoms with Crippen LogP contribution in [-0.4, -0.2) is 18.6 Å². The Morgan fingerprint density at radius 1 is 1.24 bits per heavy atom. The number of halogens is 1. The first kappa shape index (κ1) is 15.8. The lowest BCUT2D eigenvalue weighted by Gasteiger charge is -2.16. The monoisotopic (exact) mass is 350 g/mol. The number of rotatable bonds is 7. The molecule has 0 radical (unpaired) electrons. The van der Waals surface area contributed by atoms with Gasteiger partial charge in [0, 0.05) is 34.5 Å². The third-order valence-electron chi connectivity index (χ3n) is 2.87. The molecule has 4 nitrogen and oxygen atoms in total. The summed E-state index contributed by atoms with van der Waals surface area (Å²) >= 11 is 3.41. The van der Waals surface area contributed by atoms with Crippen molar-refractivity contribution in [2.45, 2.75) is 20.1 Å². The molecule has 112 valence electrons. The molecule has 0 atom stereocenters. The van der Waals surface area contributed by atoms with Crippen LogP contribution in [-0.2, 0) is 13.2 Å². The van der Waals surface area contributed by atoms with Crippen LogP contribution in [0.2, 0.25) is 0 Å². The Kier molecular flexibility index (Phi) is 6.02. The summed E-state index contributed by atoms with van der Waals surface area (Å²) in [4.78, 5) is 4.14. The highest BCUT2D eigenvalue weighted by atomic mass is 79.9. The first-order valence-corrected chi connectivity index (χ1v) is 7.65. The largest absolute Gasteiger partial charge is 0.490 e. The summed E-state index contributed by atoms with van der Waals surface area (Å²) in [6.07, 6.45) is 3.55. The highest BCUT2D eigenvalue weighted by Crippen LogP contribution is 2.32. The maximum atomic E-state index is 5.99. The minimum atomic E-state index is 0.452. The van der Waals surface area contributed by atoms with Crippen molar-refractivity contribution in [3.05, 3.63) is 52.3 Å². The number of aromatic nitrogens is 1. The number of para-hydroxylation sites is 1. The van der Waals surface area contributed by atoms with Crippen molar-refractivity contribution in [3.63, 3.8) is 0 Å². The molecular weight excluding hydrogens is 332 g/mol. The van der Waals surface area contributed by atoms with Gasteiger partial charge in [-0.05, 0) is 42.0 Å². The highest BCUT2D eigenvalue weighted by Gasteiger charge is 2.11. The minimum Gasteiger partial charge on any atom is -0.490 e. The maximum absolute atomic E-state index is 5.99. The molecule has 0 bridgehead atoms. The average molecular weight is 351 g/mol. The summed E-state index contributed by atoms with van der Waals surface area (Å²) in [6.45, 7) is 3.75. The summed E-state index contributed by atoms with van der Waals surface area (Å²) < 4.78 is 12.6. The molecule has 2 aromatic rings. The predicted octanol–water partition coefficient (Wildman–Crippen LogP) is 3.54. The van der Waals surface area contributed by atoms with Gasteiger partial charge in [0.25, 0.3) is 0 Å². The lowest BCUT2D eigenvalue weighted by Crippen LogP contribution is -2.09. The van der Waals surface area contributed by atoms with Crippen LogP contribution in [0, 0.1) is 0 Å². The zero-order valence-electron chi connectivity index (χ0n) is 12.2. The van der Waals surface area contributed by atoms with Crippen LogP contribution in [0.5, 0.6) is 11.5 Å². The van der Waals surface area contributed by atoms with Crippen molar-refractivity contribution >= 4 is 15.9 Å². The van der Waals surface area contributed by atoms with Gasteiger partial charge in [-0.1, -0.05) is 12.1 Å². The van der Waals surface area contributed by atoms with Crippen LogP contribution in [0.15, 0.2) is 41.1 Å². The normalized spacial score (nSPS) is 10.4. The predicted molar refractivity (Wildman–Crippen MR) is 86.6 cm³/mol. The van der Waals surface area contributed by atoms with Crippen LogP contribution < -0.4 is 14.8 Å². The number of nitrogens with one attached hydrogen (secondary N) is 1. The Balaban J connectivity index is 2.20. The van der Waals surface area contributed by atoms with Gasteiger partial charge in [-0.25, -0.2) is 0 Å². The quantitative estimate of drug-likeness (QED) is 0.829. The molecule has 1 N–H and O–H groups in total. The van der Waals surface area contributed by atoms with Crippen LogP contribution in [0.3, 0.4) is 0 Å². The van der Waals surface area contributed by atoms with Crippen molar-refractivity contribution in [1.82, 2.24) is 10.3 Å². The number of nitrogens with zero attached hydrogens (tertiary/aromatic N) is 1. The third-order valence-corrected chi connectivity index (χ3v) is 3.31. The van der Waals surface area contributed by atoms with Gasteiger partial charge in [-0.2, -0.15) is 0 Å². The van der Waals surface area contributed by atoms with Crippen LogP contribution in [0.1, 0.15) is 18.1 Å². The second kappa shape index (κ2) is 8.00. The van der Waals surface area contributed by atoms with Gasteiger partial charge in [0.05, 0.1) is 6.61 Å². The number of ether oxygens (including phenoxy) is 2. The zero-order valence-corrected chi connectivity index (χ0v) is 13.8. The van der Waals surface area contributed by atoms with Crippen molar-refractivity contribution in [1.29, 1.82) is 0 Å². The molecule has 0 amide bonds. The summed E-state index contributed by atoms with van der Waals surface area (Å²) in [7, 11) is 1.91. The van der Waals surface area contributed by atoms with Crippen molar-refractivity contribution in [3.8, 4) is 11.5 Å².